The molecule has 7 nitrogen and oxygen atoms in total. The number of aromatic nitrogens is 2. The SMILES string of the molecule is CCOc1ccccc1-c1cc(C/C(C)=N/OS(=O)(=O)c2ccc(C)cc2)[nH]n1. The normalized spacial score (nSPS) is 12.0. The van der Waals surface area contributed by atoms with Gasteiger partial charge in [0, 0.05) is 17.7 Å². The molecule has 29 heavy (non-hydrogen) atoms. The Labute approximate surface area is 170 Å². The van der Waals surface area contributed by atoms with Gasteiger partial charge in [-0.15, -0.1) is 0 Å². The monoisotopic (exact) mass is 413 g/mol. The highest BCUT2D eigenvalue weighted by atomic mass is 32.2. The standard InChI is InChI=1S/C21H23N3O4S/c1-4-27-21-8-6-5-7-19(21)20-14-17(22-23-20)13-16(3)24-28-29(25,26)18-11-9-15(2)10-12-18/h5-12,14H,4,13H2,1-3H3,(H,22,23)/b24-16+. The molecule has 0 aliphatic rings. The van der Waals surface area contributed by atoms with Crippen molar-refractivity contribution < 1.29 is 17.4 Å². The zero-order chi connectivity index (χ0) is 20.9. The van der Waals surface area contributed by atoms with E-state index in [2.05, 4.69) is 15.4 Å². The van der Waals surface area contributed by atoms with Crippen molar-refractivity contribution in [2.24, 2.45) is 5.16 Å². The van der Waals surface area contributed by atoms with E-state index < -0.39 is 10.1 Å². The number of oxime groups is 1. The molecular weight excluding hydrogens is 390 g/mol. The molecule has 8 heteroatoms. The summed E-state index contributed by atoms with van der Waals surface area (Å²) in [4.78, 5) is 0.0657. The van der Waals surface area contributed by atoms with Gasteiger partial charge in [0.15, 0.2) is 0 Å². The molecular formula is C21H23N3O4S. The van der Waals surface area contributed by atoms with Crippen LogP contribution in [0, 0.1) is 6.92 Å². The number of nitrogens with one attached hydrogen (secondary N) is 1. The van der Waals surface area contributed by atoms with Crippen LogP contribution in [0.3, 0.4) is 0 Å². The molecule has 3 aromatic rings. The van der Waals surface area contributed by atoms with E-state index in [1.54, 1.807) is 19.1 Å². The number of aryl methyl sites for hydroxylation is 1. The van der Waals surface area contributed by atoms with Gasteiger partial charge < -0.3 is 4.74 Å². The molecule has 0 atom stereocenters. The second-order valence-corrected chi connectivity index (χ2v) is 8.08. The molecule has 1 heterocycles. The molecule has 0 fully saturated rings. The summed E-state index contributed by atoms with van der Waals surface area (Å²) in [5, 5.41) is 11.1. The van der Waals surface area contributed by atoms with Gasteiger partial charge in [0.25, 0.3) is 0 Å². The minimum absolute atomic E-state index is 0.0657. The minimum Gasteiger partial charge on any atom is -0.493 e. The lowest BCUT2D eigenvalue weighted by Crippen LogP contribution is -2.06. The summed E-state index contributed by atoms with van der Waals surface area (Å²) < 4.78 is 34.9. The molecule has 152 valence electrons. The highest BCUT2D eigenvalue weighted by Crippen LogP contribution is 2.28. The van der Waals surface area contributed by atoms with Crippen LogP contribution in [0.4, 0.5) is 0 Å². The van der Waals surface area contributed by atoms with Crippen molar-refractivity contribution in [1.29, 1.82) is 0 Å². The molecule has 0 unspecified atom stereocenters. The van der Waals surface area contributed by atoms with Gasteiger partial charge in [0.1, 0.15) is 10.6 Å². The summed E-state index contributed by atoms with van der Waals surface area (Å²) in [6, 6.07) is 15.9. The predicted octanol–water partition coefficient (Wildman–Crippen LogP) is 4.11. The molecule has 1 N–H and O–H groups in total. The summed E-state index contributed by atoms with van der Waals surface area (Å²) in [5.74, 6) is 0.756. The summed E-state index contributed by atoms with van der Waals surface area (Å²) >= 11 is 0. The van der Waals surface area contributed by atoms with Gasteiger partial charge in [0.2, 0.25) is 0 Å². The number of para-hydroxylation sites is 1. The Morgan fingerprint density at radius 1 is 1.14 bits per heavy atom. The van der Waals surface area contributed by atoms with E-state index >= 15 is 0 Å². The second-order valence-electron chi connectivity index (χ2n) is 6.55. The van der Waals surface area contributed by atoms with Crippen molar-refractivity contribution in [3.8, 4) is 17.0 Å². The molecule has 0 saturated heterocycles. The molecule has 0 bridgehead atoms. The van der Waals surface area contributed by atoms with Gasteiger partial charge in [-0.3, -0.25) is 9.38 Å². The van der Waals surface area contributed by atoms with E-state index in [-0.39, 0.29) is 4.90 Å². The Kier molecular flexibility index (Phi) is 6.33. The second kappa shape index (κ2) is 8.91. The third-order valence-corrected chi connectivity index (χ3v) is 5.26. The van der Waals surface area contributed by atoms with Crippen molar-refractivity contribution in [1.82, 2.24) is 10.2 Å². The Bertz CT molecular complexity index is 1100. The van der Waals surface area contributed by atoms with Gasteiger partial charge in [-0.1, -0.05) is 35.0 Å². The average molecular weight is 413 g/mol. The maximum absolute atomic E-state index is 12.2. The lowest BCUT2D eigenvalue weighted by Gasteiger charge is -2.07. The van der Waals surface area contributed by atoms with E-state index in [9.17, 15) is 8.42 Å². The molecule has 0 aliphatic heterocycles. The summed E-state index contributed by atoms with van der Waals surface area (Å²) in [6.45, 7) is 6.06. The van der Waals surface area contributed by atoms with Gasteiger partial charge in [-0.2, -0.15) is 13.5 Å². The number of benzene rings is 2. The topological polar surface area (TPSA) is 93.6 Å². The highest BCUT2D eigenvalue weighted by Gasteiger charge is 2.16. The zero-order valence-corrected chi connectivity index (χ0v) is 17.4. The summed E-state index contributed by atoms with van der Waals surface area (Å²) in [6.07, 6.45) is 0.368. The average Bonchev–Trinajstić information content (AvgIpc) is 3.16. The fourth-order valence-electron chi connectivity index (χ4n) is 2.72. The third kappa shape index (κ3) is 5.23. The first-order valence-electron chi connectivity index (χ1n) is 9.19. The number of hydrogen-bond donors (Lipinski definition) is 1. The predicted molar refractivity (Wildman–Crippen MR) is 111 cm³/mol. The van der Waals surface area contributed by atoms with Crippen molar-refractivity contribution >= 4 is 15.8 Å². The lowest BCUT2D eigenvalue weighted by molar-refractivity contribution is 0.337. The first-order valence-corrected chi connectivity index (χ1v) is 10.6. The van der Waals surface area contributed by atoms with Crippen LogP contribution in [0.15, 0.2) is 64.6 Å². The number of ether oxygens (including phenoxy) is 1. The largest absolute Gasteiger partial charge is 0.493 e. The Balaban J connectivity index is 1.70. The van der Waals surface area contributed by atoms with Gasteiger partial charge in [0.05, 0.1) is 18.0 Å². The fraction of sp³-hybridized carbons (Fsp3) is 0.238. The quantitative estimate of drug-likeness (QED) is 0.443. The van der Waals surface area contributed by atoms with Crippen molar-refractivity contribution in [3.05, 3.63) is 65.9 Å². The number of hydrogen-bond acceptors (Lipinski definition) is 6. The first kappa shape index (κ1) is 20.6. The number of H-pyrrole nitrogens is 1. The van der Waals surface area contributed by atoms with Crippen LogP contribution in [0.5, 0.6) is 5.75 Å². The van der Waals surface area contributed by atoms with E-state index in [1.165, 1.54) is 12.1 Å². The van der Waals surface area contributed by atoms with Gasteiger partial charge in [-0.05, 0) is 51.1 Å². The van der Waals surface area contributed by atoms with Gasteiger partial charge in [-0.25, -0.2) is 0 Å². The van der Waals surface area contributed by atoms with Crippen LogP contribution in [0.25, 0.3) is 11.3 Å². The highest BCUT2D eigenvalue weighted by molar-refractivity contribution is 7.86. The lowest BCUT2D eigenvalue weighted by atomic mass is 10.1. The maximum Gasteiger partial charge on any atom is 0.358 e. The molecule has 3 rings (SSSR count). The molecule has 2 aromatic carbocycles. The van der Waals surface area contributed by atoms with E-state index in [0.29, 0.717) is 18.7 Å². The molecule has 0 saturated carbocycles. The van der Waals surface area contributed by atoms with Crippen LogP contribution in [-0.2, 0) is 20.8 Å². The van der Waals surface area contributed by atoms with Crippen LogP contribution in [0.1, 0.15) is 25.1 Å². The minimum atomic E-state index is -3.94. The van der Waals surface area contributed by atoms with Crippen molar-refractivity contribution in [3.63, 3.8) is 0 Å². The maximum atomic E-state index is 12.2. The molecule has 0 radical (unpaired) electrons. The number of aromatic amines is 1. The van der Waals surface area contributed by atoms with E-state index in [4.69, 9.17) is 9.02 Å². The van der Waals surface area contributed by atoms with E-state index in [1.807, 2.05) is 44.2 Å². The van der Waals surface area contributed by atoms with Crippen molar-refractivity contribution in [2.45, 2.75) is 32.1 Å². The van der Waals surface area contributed by atoms with Crippen LogP contribution in [-0.4, -0.2) is 30.9 Å². The third-order valence-electron chi connectivity index (χ3n) is 4.14. The smallest absolute Gasteiger partial charge is 0.358 e. The summed E-state index contributed by atoms with van der Waals surface area (Å²) in [7, 11) is -3.94. The zero-order valence-electron chi connectivity index (χ0n) is 16.5. The van der Waals surface area contributed by atoms with Crippen molar-refractivity contribution in [2.75, 3.05) is 6.61 Å². The molecule has 0 aliphatic carbocycles. The summed E-state index contributed by atoms with van der Waals surface area (Å²) in [5.41, 5.74) is 3.86. The first-order chi connectivity index (χ1) is 13.9. The number of rotatable bonds is 8. The molecule has 0 spiro atoms. The van der Waals surface area contributed by atoms with E-state index in [0.717, 1.165) is 28.3 Å². The Hall–Kier alpha value is -3.13. The van der Waals surface area contributed by atoms with Gasteiger partial charge >= 0.3 is 10.1 Å². The molecule has 1 aromatic heterocycles. The Morgan fingerprint density at radius 3 is 2.59 bits per heavy atom. The molecule has 0 amide bonds. The fourth-order valence-corrected chi connectivity index (χ4v) is 3.50. The van der Waals surface area contributed by atoms with Crippen LogP contribution < -0.4 is 4.74 Å². The van der Waals surface area contributed by atoms with Crippen LogP contribution in [0.2, 0.25) is 0 Å². The Morgan fingerprint density at radius 2 is 1.86 bits per heavy atom. The number of nitrogens with zero attached hydrogens (tertiary/aromatic N) is 2. The van der Waals surface area contributed by atoms with Crippen LogP contribution >= 0.6 is 0 Å².